The number of nitrogens with zero attached hydrogens (tertiary/aromatic N) is 1. The third kappa shape index (κ3) is 5.45. The summed E-state index contributed by atoms with van der Waals surface area (Å²) in [5, 5.41) is 6.95. The van der Waals surface area contributed by atoms with Crippen molar-refractivity contribution in [3.8, 4) is 11.5 Å². The van der Waals surface area contributed by atoms with Crippen molar-refractivity contribution in [3.63, 3.8) is 0 Å². The zero-order valence-electron chi connectivity index (χ0n) is 17.7. The minimum Gasteiger partial charge on any atom is -0.493 e. The van der Waals surface area contributed by atoms with Crippen LogP contribution in [-0.2, 0) is 6.61 Å². The fraction of sp³-hybridized carbons (Fsp3) is 0.0769. The van der Waals surface area contributed by atoms with Gasteiger partial charge in [0, 0.05) is 10.6 Å². The summed E-state index contributed by atoms with van der Waals surface area (Å²) in [6.07, 6.45) is 1.50. The van der Waals surface area contributed by atoms with Gasteiger partial charge in [-0.25, -0.2) is 5.43 Å². The molecular weight excluding hydrogens is 459 g/mol. The maximum Gasteiger partial charge on any atom is 0.271 e. The van der Waals surface area contributed by atoms with Gasteiger partial charge >= 0.3 is 0 Å². The second-order valence-corrected chi connectivity index (χ2v) is 8.02. The highest BCUT2D eigenvalue weighted by Gasteiger charge is 2.13. The van der Waals surface area contributed by atoms with E-state index in [1.807, 2.05) is 48.5 Å². The summed E-state index contributed by atoms with van der Waals surface area (Å²) in [4.78, 5) is 12.6. The molecule has 0 atom stereocenters. The lowest BCUT2D eigenvalue weighted by Gasteiger charge is -2.13. The summed E-state index contributed by atoms with van der Waals surface area (Å²) in [5.74, 6) is 0.577. The number of hydrogen-bond acceptors (Lipinski definition) is 4. The standard InChI is InChI=1S/C26H20Cl2N2O3/c1-32-24-14-18(13-23(28)25(24)33-16-17-9-11-20(27)12-10-17)15-29-30-26(31)22-8-4-6-19-5-2-3-7-21(19)22/h2-15H,16H2,1H3,(H,30,31)/b29-15-. The maximum atomic E-state index is 12.6. The van der Waals surface area contributed by atoms with Crippen LogP contribution in [0.2, 0.25) is 10.0 Å². The number of carbonyl (C=O) groups excluding carboxylic acids is 1. The van der Waals surface area contributed by atoms with Crippen molar-refractivity contribution >= 4 is 46.1 Å². The molecule has 166 valence electrons. The number of halogens is 2. The highest BCUT2D eigenvalue weighted by molar-refractivity contribution is 6.32. The molecule has 0 saturated carbocycles. The number of ether oxygens (including phenoxy) is 2. The zero-order chi connectivity index (χ0) is 23.2. The number of rotatable bonds is 7. The monoisotopic (exact) mass is 478 g/mol. The molecule has 0 spiro atoms. The van der Waals surface area contributed by atoms with Crippen molar-refractivity contribution in [1.82, 2.24) is 5.43 Å². The number of methoxy groups -OCH3 is 1. The van der Waals surface area contributed by atoms with Gasteiger partial charge in [-0.2, -0.15) is 5.10 Å². The molecule has 0 aliphatic heterocycles. The van der Waals surface area contributed by atoms with E-state index in [0.717, 1.165) is 16.3 Å². The van der Waals surface area contributed by atoms with E-state index in [-0.39, 0.29) is 5.91 Å². The molecular formula is C26H20Cl2N2O3. The van der Waals surface area contributed by atoms with Crippen LogP contribution in [0.25, 0.3) is 10.8 Å². The molecule has 5 nitrogen and oxygen atoms in total. The van der Waals surface area contributed by atoms with E-state index in [9.17, 15) is 4.79 Å². The summed E-state index contributed by atoms with van der Waals surface area (Å²) >= 11 is 12.4. The Morgan fingerprint density at radius 3 is 2.55 bits per heavy atom. The fourth-order valence-electron chi connectivity index (χ4n) is 3.34. The van der Waals surface area contributed by atoms with Crippen LogP contribution in [-0.4, -0.2) is 19.2 Å². The minimum atomic E-state index is -0.302. The molecule has 4 aromatic carbocycles. The van der Waals surface area contributed by atoms with Crippen molar-refractivity contribution in [3.05, 3.63) is 106 Å². The molecule has 0 aliphatic rings. The van der Waals surface area contributed by atoms with Gasteiger partial charge in [0.05, 0.1) is 18.3 Å². The lowest BCUT2D eigenvalue weighted by molar-refractivity contribution is 0.0957. The lowest BCUT2D eigenvalue weighted by atomic mass is 10.0. The molecule has 4 rings (SSSR count). The quantitative estimate of drug-likeness (QED) is 0.243. The Bertz CT molecular complexity index is 1320. The van der Waals surface area contributed by atoms with Crippen molar-refractivity contribution in [2.24, 2.45) is 5.10 Å². The van der Waals surface area contributed by atoms with E-state index < -0.39 is 0 Å². The van der Waals surface area contributed by atoms with Crippen molar-refractivity contribution < 1.29 is 14.3 Å². The highest BCUT2D eigenvalue weighted by atomic mass is 35.5. The number of fused-ring (bicyclic) bond motifs is 1. The Labute approximate surface area is 201 Å². The van der Waals surface area contributed by atoms with Gasteiger partial charge in [-0.3, -0.25) is 4.79 Å². The second kappa shape index (κ2) is 10.4. The summed E-state index contributed by atoms with van der Waals surface area (Å²) in [6.45, 7) is 0.307. The Hall–Kier alpha value is -3.54. The molecule has 0 aromatic heterocycles. The van der Waals surface area contributed by atoms with Crippen LogP contribution in [0.4, 0.5) is 0 Å². The van der Waals surface area contributed by atoms with Crippen LogP contribution in [0.3, 0.4) is 0 Å². The van der Waals surface area contributed by atoms with Crippen molar-refractivity contribution in [1.29, 1.82) is 0 Å². The van der Waals surface area contributed by atoms with Crippen LogP contribution in [0.5, 0.6) is 11.5 Å². The average Bonchev–Trinajstić information content (AvgIpc) is 2.83. The first-order valence-electron chi connectivity index (χ1n) is 10.1. The Kier molecular flexibility index (Phi) is 7.13. The highest BCUT2D eigenvalue weighted by Crippen LogP contribution is 2.36. The smallest absolute Gasteiger partial charge is 0.271 e. The van der Waals surface area contributed by atoms with Gasteiger partial charge in [-0.1, -0.05) is 71.7 Å². The molecule has 0 fully saturated rings. The van der Waals surface area contributed by atoms with Gasteiger partial charge in [0.1, 0.15) is 6.61 Å². The van der Waals surface area contributed by atoms with Crippen LogP contribution in [0, 0.1) is 0 Å². The Morgan fingerprint density at radius 2 is 1.76 bits per heavy atom. The number of hydrogen-bond donors (Lipinski definition) is 1. The molecule has 0 unspecified atom stereocenters. The summed E-state index contributed by atoms with van der Waals surface area (Å²) in [5.41, 5.74) is 4.71. The number of nitrogens with one attached hydrogen (secondary N) is 1. The van der Waals surface area contributed by atoms with E-state index in [1.54, 1.807) is 30.3 Å². The molecule has 0 saturated heterocycles. The van der Waals surface area contributed by atoms with Crippen molar-refractivity contribution in [2.75, 3.05) is 7.11 Å². The third-order valence-electron chi connectivity index (χ3n) is 4.96. The summed E-state index contributed by atoms with van der Waals surface area (Å²) in [6, 6.07) is 24.0. The zero-order valence-corrected chi connectivity index (χ0v) is 19.2. The molecule has 4 aromatic rings. The van der Waals surface area contributed by atoms with Gasteiger partial charge in [-0.05, 0) is 52.2 Å². The molecule has 0 aliphatic carbocycles. The predicted octanol–water partition coefficient (Wildman–Crippen LogP) is 6.50. The number of carbonyl (C=O) groups is 1. The fourth-order valence-corrected chi connectivity index (χ4v) is 3.74. The topological polar surface area (TPSA) is 59.9 Å². The first-order chi connectivity index (χ1) is 16.0. The number of benzene rings is 4. The molecule has 33 heavy (non-hydrogen) atoms. The lowest BCUT2D eigenvalue weighted by Crippen LogP contribution is -2.17. The molecule has 0 heterocycles. The van der Waals surface area contributed by atoms with E-state index >= 15 is 0 Å². The normalized spacial score (nSPS) is 11.0. The average molecular weight is 479 g/mol. The van der Waals surface area contributed by atoms with Crippen LogP contribution in [0.15, 0.2) is 84.0 Å². The van der Waals surface area contributed by atoms with Gasteiger partial charge in [-0.15, -0.1) is 0 Å². The third-order valence-corrected chi connectivity index (χ3v) is 5.49. The molecule has 0 radical (unpaired) electrons. The Morgan fingerprint density at radius 1 is 1.00 bits per heavy atom. The van der Waals surface area contributed by atoms with Gasteiger partial charge in [0.2, 0.25) is 0 Å². The van der Waals surface area contributed by atoms with Gasteiger partial charge < -0.3 is 9.47 Å². The van der Waals surface area contributed by atoms with Gasteiger partial charge in [0.25, 0.3) is 5.91 Å². The molecule has 7 heteroatoms. The second-order valence-electron chi connectivity index (χ2n) is 7.18. The van der Waals surface area contributed by atoms with Crippen LogP contribution >= 0.6 is 23.2 Å². The largest absolute Gasteiger partial charge is 0.493 e. The minimum absolute atomic E-state index is 0.302. The van der Waals surface area contributed by atoms with E-state index in [1.165, 1.54) is 13.3 Å². The van der Waals surface area contributed by atoms with E-state index in [4.69, 9.17) is 32.7 Å². The van der Waals surface area contributed by atoms with Crippen LogP contribution in [0.1, 0.15) is 21.5 Å². The number of hydrazone groups is 1. The summed E-state index contributed by atoms with van der Waals surface area (Å²) in [7, 11) is 1.53. The van der Waals surface area contributed by atoms with E-state index in [0.29, 0.717) is 39.3 Å². The predicted molar refractivity (Wildman–Crippen MR) is 133 cm³/mol. The molecule has 1 amide bonds. The SMILES string of the molecule is COc1cc(/C=N\NC(=O)c2cccc3ccccc23)cc(Cl)c1OCc1ccc(Cl)cc1. The van der Waals surface area contributed by atoms with Crippen LogP contribution < -0.4 is 14.9 Å². The first-order valence-corrected chi connectivity index (χ1v) is 10.9. The van der Waals surface area contributed by atoms with Crippen molar-refractivity contribution in [2.45, 2.75) is 6.61 Å². The van der Waals surface area contributed by atoms with Gasteiger partial charge in [0.15, 0.2) is 11.5 Å². The molecule has 0 bridgehead atoms. The Balaban J connectivity index is 1.47. The number of amides is 1. The van der Waals surface area contributed by atoms with E-state index in [2.05, 4.69) is 10.5 Å². The first kappa shape index (κ1) is 22.6. The molecule has 1 N–H and O–H groups in total. The maximum absolute atomic E-state index is 12.6. The summed E-state index contributed by atoms with van der Waals surface area (Å²) < 4.78 is 11.3.